The third-order valence-electron chi connectivity index (χ3n) is 3.10. The number of carbonyl (C=O) groups is 1. The third-order valence-corrected chi connectivity index (χ3v) is 3.54. The number of amides is 1. The Labute approximate surface area is 140 Å². The molecule has 0 spiro atoms. The molecule has 0 fully saturated rings. The molecule has 1 aromatic rings. The number of nitrogens with one attached hydrogen (secondary N) is 1. The molecule has 7 heteroatoms. The summed E-state index contributed by atoms with van der Waals surface area (Å²) in [5.74, 6) is 0.639. The minimum Gasteiger partial charge on any atom is -0.353 e. The summed E-state index contributed by atoms with van der Waals surface area (Å²) in [6.07, 6.45) is 3.77. The van der Waals surface area contributed by atoms with Crippen molar-refractivity contribution in [2.45, 2.75) is 6.54 Å². The van der Waals surface area contributed by atoms with Gasteiger partial charge in [0.2, 0.25) is 5.91 Å². The Bertz CT molecular complexity index is 550. The van der Waals surface area contributed by atoms with Crippen LogP contribution in [0.3, 0.4) is 0 Å². The van der Waals surface area contributed by atoms with E-state index in [0.717, 1.165) is 10.2 Å². The molecule has 0 aliphatic heterocycles. The van der Waals surface area contributed by atoms with Crippen molar-refractivity contribution in [2.24, 2.45) is 12.0 Å². The number of hydrogen-bond acceptors (Lipinski definition) is 2. The van der Waals surface area contributed by atoms with Crippen molar-refractivity contribution < 1.29 is 4.79 Å². The molecule has 0 aliphatic carbocycles. The first kappa shape index (κ1) is 18.3. The zero-order chi connectivity index (χ0) is 16.7. The van der Waals surface area contributed by atoms with E-state index in [2.05, 4.69) is 43.5 Å². The summed E-state index contributed by atoms with van der Waals surface area (Å²) in [4.78, 5) is 19.6. The fourth-order valence-corrected chi connectivity index (χ4v) is 2.37. The largest absolute Gasteiger partial charge is 0.353 e. The van der Waals surface area contributed by atoms with Crippen LogP contribution < -0.4 is 5.32 Å². The predicted molar refractivity (Wildman–Crippen MR) is 93.8 cm³/mol. The summed E-state index contributed by atoms with van der Waals surface area (Å²) in [6.45, 7) is 5.09. The van der Waals surface area contributed by atoms with Crippen molar-refractivity contribution >= 4 is 27.8 Å². The Kier molecular flexibility index (Phi) is 7.17. The van der Waals surface area contributed by atoms with Crippen LogP contribution in [0.15, 0.2) is 34.4 Å². The quantitative estimate of drug-likeness (QED) is 0.468. The van der Waals surface area contributed by atoms with Gasteiger partial charge in [-0.3, -0.25) is 4.79 Å². The van der Waals surface area contributed by atoms with Gasteiger partial charge in [0.05, 0.1) is 6.54 Å². The van der Waals surface area contributed by atoms with E-state index in [1.54, 1.807) is 20.2 Å². The summed E-state index contributed by atoms with van der Waals surface area (Å²) >= 11 is 3.47. The summed E-state index contributed by atoms with van der Waals surface area (Å²) in [6, 6.07) is 2.06. The van der Waals surface area contributed by atoms with Gasteiger partial charge in [-0.25, -0.2) is 4.99 Å². The minimum atomic E-state index is -0.0343. The van der Waals surface area contributed by atoms with Crippen molar-refractivity contribution in [3.63, 3.8) is 0 Å². The Morgan fingerprint density at radius 2 is 2.18 bits per heavy atom. The van der Waals surface area contributed by atoms with Crippen molar-refractivity contribution in [1.29, 1.82) is 0 Å². The van der Waals surface area contributed by atoms with E-state index < -0.39 is 0 Å². The van der Waals surface area contributed by atoms with Gasteiger partial charge >= 0.3 is 0 Å². The van der Waals surface area contributed by atoms with Crippen molar-refractivity contribution in [1.82, 2.24) is 19.7 Å². The van der Waals surface area contributed by atoms with E-state index in [-0.39, 0.29) is 12.5 Å². The molecular formula is C15H24BrN5O. The molecule has 0 saturated carbocycles. The summed E-state index contributed by atoms with van der Waals surface area (Å²) in [7, 11) is 7.38. The topological polar surface area (TPSA) is 52.9 Å². The van der Waals surface area contributed by atoms with Crippen LogP contribution in [0.25, 0.3) is 0 Å². The van der Waals surface area contributed by atoms with Gasteiger partial charge in [-0.1, -0.05) is 6.08 Å². The number of carbonyl (C=O) groups excluding carboxylic acids is 1. The Hall–Kier alpha value is -1.76. The fraction of sp³-hybridized carbons (Fsp3) is 0.467. The molecule has 0 bridgehead atoms. The highest BCUT2D eigenvalue weighted by molar-refractivity contribution is 9.10. The molecule has 0 atom stereocenters. The van der Waals surface area contributed by atoms with Gasteiger partial charge in [-0.05, 0) is 22.0 Å². The molecule has 122 valence electrons. The second-order valence-corrected chi connectivity index (χ2v) is 6.13. The predicted octanol–water partition coefficient (Wildman–Crippen LogP) is 1.44. The van der Waals surface area contributed by atoms with E-state index in [4.69, 9.17) is 0 Å². The van der Waals surface area contributed by atoms with Gasteiger partial charge in [0.25, 0.3) is 0 Å². The smallest absolute Gasteiger partial charge is 0.243 e. The number of hydrogen-bond donors (Lipinski definition) is 1. The van der Waals surface area contributed by atoms with Gasteiger partial charge in [0, 0.05) is 51.1 Å². The van der Waals surface area contributed by atoms with E-state index in [0.29, 0.717) is 19.0 Å². The SMILES string of the molecule is C=CCNC(=NCC(=O)N(C)C)N(C)Cc1cc(Br)cn1C. The van der Waals surface area contributed by atoms with E-state index in [9.17, 15) is 4.79 Å². The lowest BCUT2D eigenvalue weighted by atomic mass is 10.4. The monoisotopic (exact) mass is 369 g/mol. The van der Waals surface area contributed by atoms with Crippen molar-refractivity contribution in [3.8, 4) is 0 Å². The second kappa shape index (κ2) is 8.63. The molecule has 0 aliphatic rings. The Balaban J connectivity index is 2.81. The molecule has 1 rings (SSSR count). The number of nitrogens with zero attached hydrogens (tertiary/aromatic N) is 4. The molecule has 0 aromatic carbocycles. The van der Waals surface area contributed by atoms with Gasteiger partial charge in [0.15, 0.2) is 5.96 Å². The molecule has 1 heterocycles. The second-order valence-electron chi connectivity index (χ2n) is 5.21. The van der Waals surface area contributed by atoms with Crippen LogP contribution in [0, 0.1) is 0 Å². The average Bonchev–Trinajstić information content (AvgIpc) is 2.76. The lowest BCUT2D eigenvalue weighted by Gasteiger charge is -2.22. The number of aromatic nitrogens is 1. The fourth-order valence-electron chi connectivity index (χ4n) is 1.80. The Morgan fingerprint density at radius 1 is 1.50 bits per heavy atom. The van der Waals surface area contributed by atoms with Crippen LogP contribution in [0.5, 0.6) is 0 Å². The lowest BCUT2D eigenvalue weighted by Crippen LogP contribution is -2.40. The van der Waals surface area contributed by atoms with Gasteiger partial charge in [-0.2, -0.15) is 0 Å². The number of rotatable bonds is 6. The van der Waals surface area contributed by atoms with E-state index >= 15 is 0 Å². The summed E-state index contributed by atoms with van der Waals surface area (Å²) < 4.78 is 3.09. The molecule has 0 radical (unpaired) electrons. The van der Waals surface area contributed by atoms with Crippen LogP contribution in [-0.2, 0) is 18.4 Å². The highest BCUT2D eigenvalue weighted by atomic mass is 79.9. The van der Waals surface area contributed by atoms with Crippen molar-refractivity contribution in [2.75, 3.05) is 34.2 Å². The number of guanidine groups is 1. The van der Waals surface area contributed by atoms with Crippen molar-refractivity contribution in [3.05, 3.63) is 35.1 Å². The molecule has 0 saturated heterocycles. The first-order chi connectivity index (χ1) is 10.3. The first-order valence-corrected chi connectivity index (χ1v) is 7.75. The molecular weight excluding hydrogens is 346 g/mol. The normalized spacial score (nSPS) is 11.2. The zero-order valence-electron chi connectivity index (χ0n) is 13.6. The molecule has 1 N–H and O–H groups in total. The minimum absolute atomic E-state index is 0.0343. The maximum Gasteiger partial charge on any atom is 0.243 e. The van der Waals surface area contributed by atoms with Crippen LogP contribution in [0.4, 0.5) is 0 Å². The zero-order valence-corrected chi connectivity index (χ0v) is 15.2. The van der Waals surface area contributed by atoms with Gasteiger partial charge < -0.3 is 19.7 Å². The van der Waals surface area contributed by atoms with E-state index in [1.165, 1.54) is 4.90 Å². The number of halogens is 1. The van der Waals surface area contributed by atoms with Crippen LogP contribution in [-0.4, -0.2) is 60.5 Å². The number of aryl methyl sites for hydroxylation is 1. The number of aliphatic imine (C=N–C) groups is 1. The van der Waals surface area contributed by atoms with Crippen LogP contribution >= 0.6 is 15.9 Å². The maximum atomic E-state index is 11.7. The molecule has 6 nitrogen and oxygen atoms in total. The van der Waals surface area contributed by atoms with Crippen LogP contribution in [0.1, 0.15) is 5.69 Å². The summed E-state index contributed by atoms with van der Waals surface area (Å²) in [5, 5.41) is 3.18. The third kappa shape index (κ3) is 5.55. The number of likely N-dealkylation sites (N-methyl/N-ethyl adjacent to an activating group) is 1. The van der Waals surface area contributed by atoms with Crippen LogP contribution in [0.2, 0.25) is 0 Å². The van der Waals surface area contributed by atoms with Gasteiger partial charge in [-0.15, -0.1) is 6.58 Å². The molecule has 0 unspecified atom stereocenters. The average molecular weight is 370 g/mol. The Morgan fingerprint density at radius 3 is 2.68 bits per heavy atom. The van der Waals surface area contributed by atoms with Gasteiger partial charge in [0.1, 0.15) is 6.54 Å². The first-order valence-electron chi connectivity index (χ1n) is 6.96. The maximum absolute atomic E-state index is 11.7. The highest BCUT2D eigenvalue weighted by Gasteiger charge is 2.11. The van der Waals surface area contributed by atoms with E-state index in [1.807, 2.05) is 25.2 Å². The summed E-state index contributed by atoms with van der Waals surface area (Å²) in [5.41, 5.74) is 1.14. The standard InChI is InChI=1S/C15H24BrN5O/c1-6-7-17-15(18-9-14(22)19(2)3)21(5)11-13-8-12(16)10-20(13)4/h6,8,10H,1,7,9,11H2,2-5H3,(H,17,18). The molecule has 1 aromatic heterocycles. The molecule has 1 amide bonds. The lowest BCUT2D eigenvalue weighted by molar-refractivity contribution is -0.127. The highest BCUT2D eigenvalue weighted by Crippen LogP contribution is 2.14. The molecule has 22 heavy (non-hydrogen) atoms.